The van der Waals surface area contributed by atoms with Crippen molar-refractivity contribution in [2.75, 3.05) is 12.1 Å². The maximum absolute atomic E-state index is 12.2. The van der Waals surface area contributed by atoms with Crippen LogP contribution < -0.4 is 16.3 Å². The van der Waals surface area contributed by atoms with E-state index in [-0.39, 0.29) is 5.56 Å². The zero-order chi connectivity index (χ0) is 14.3. The smallest absolute Gasteiger partial charge is 0.292 e. The van der Waals surface area contributed by atoms with Crippen LogP contribution in [0.5, 0.6) is 0 Å². The first kappa shape index (κ1) is 12.4. The van der Waals surface area contributed by atoms with Gasteiger partial charge in [0.25, 0.3) is 5.56 Å². The summed E-state index contributed by atoms with van der Waals surface area (Å²) in [6, 6.07) is 9.69. The van der Waals surface area contributed by atoms with Crippen molar-refractivity contribution in [3.8, 4) is 0 Å². The number of hydrogen-bond donors (Lipinski definition) is 1. The fraction of sp³-hybridized carbons (Fsp3) is 0.214. The number of benzene rings is 1. The van der Waals surface area contributed by atoms with Gasteiger partial charge in [0.1, 0.15) is 5.82 Å². The van der Waals surface area contributed by atoms with E-state index in [1.807, 2.05) is 30.3 Å². The van der Waals surface area contributed by atoms with Gasteiger partial charge >= 0.3 is 5.69 Å². The molecule has 1 aromatic heterocycles. The Kier molecular flexibility index (Phi) is 2.78. The summed E-state index contributed by atoms with van der Waals surface area (Å²) in [5.74, 6) is 0.470. The summed E-state index contributed by atoms with van der Waals surface area (Å²) in [4.78, 5) is 26.5. The van der Waals surface area contributed by atoms with E-state index in [4.69, 9.17) is 0 Å². The maximum Gasteiger partial charge on any atom is 0.329 e. The third-order valence-electron chi connectivity index (χ3n) is 3.42. The highest BCUT2D eigenvalue weighted by Gasteiger charge is 2.22. The highest BCUT2D eigenvalue weighted by atomic mass is 16.2. The van der Waals surface area contributed by atoms with Crippen LogP contribution in [0, 0.1) is 0 Å². The molecule has 0 atom stereocenters. The Bertz CT molecular complexity index is 802. The Morgan fingerprint density at radius 2 is 1.85 bits per heavy atom. The molecule has 0 bridgehead atoms. The van der Waals surface area contributed by atoms with Crippen LogP contribution in [0.3, 0.4) is 0 Å². The van der Waals surface area contributed by atoms with Gasteiger partial charge in [0.05, 0.1) is 11.3 Å². The minimum absolute atomic E-state index is 0.279. The van der Waals surface area contributed by atoms with Gasteiger partial charge in [-0.05, 0) is 5.56 Å². The van der Waals surface area contributed by atoms with Crippen LogP contribution >= 0.6 is 0 Å². The van der Waals surface area contributed by atoms with Gasteiger partial charge in [-0.1, -0.05) is 30.3 Å². The van der Waals surface area contributed by atoms with Gasteiger partial charge in [0.15, 0.2) is 0 Å². The lowest BCUT2D eigenvalue weighted by molar-refractivity contribution is 0.744. The summed E-state index contributed by atoms with van der Waals surface area (Å²) >= 11 is 0. The molecule has 2 aromatic rings. The molecule has 1 aliphatic heterocycles. The third kappa shape index (κ3) is 1.85. The molecular formula is C14H14N4O2. The van der Waals surface area contributed by atoms with Crippen molar-refractivity contribution in [2.24, 2.45) is 12.1 Å². The second kappa shape index (κ2) is 4.48. The lowest BCUT2D eigenvalue weighted by atomic mass is 10.0. The molecule has 1 aromatic carbocycles. The van der Waals surface area contributed by atoms with Crippen LogP contribution in [0.15, 0.2) is 45.0 Å². The van der Waals surface area contributed by atoms with E-state index in [1.165, 1.54) is 7.05 Å². The molecule has 0 radical (unpaired) electrons. The predicted octanol–water partition coefficient (Wildman–Crippen LogP) is 0.470. The summed E-state index contributed by atoms with van der Waals surface area (Å²) in [6.45, 7) is 0. The molecule has 0 amide bonds. The van der Waals surface area contributed by atoms with E-state index in [0.717, 1.165) is 15.8 Å². The molecule has 0 aliphatic carbocycles. The molecule has 6 nitrogen and oxygen atoms in total. The molecular weight excluding hydrogens is 256 g/mol. The van der Waals surface area contributed by atoms with E-state index in [9.17, 15) is 9.59 Å². The minimum atomic E-state index is -0.432. The highest BCUT2D eigenvalue weighted by molar-refractivity contribution is 6.03. The minimum Gasteiger partial charge on any atom is -0.292 e. The number of anilines is 1. The van der Waals surface area contributed by atoms with Gasteiger partial charge in [-0.2, -0.15) is 5.10 Å². The number of aromatic amines is 1. The molecule has 102 valence electrons. The van der Waals surface area contributed by atoms with E-state index < -0.39 is 5.69 Å². The van der Waals surface area contributed by atoms with Crippen LogP contribution in [-0.2, 0) is 13.5 Å². The van der Waals surface area contributed by atoms with Crippen molar-refractivity contribution in [2.45, 2.75) is 6.42 Å². The Morgan fingerprint density at radius 3 is 2.55 bits per heavy atom. The van der Waals surface area contributed by atoms with Crippen molar-refractivity contribution < 1.29 is 0 Å². The Hall–Kier alpha value is -2.63. The molecule has 0 fully saturated rings. The zero-order valence-electron chi connectivity index (χ0n) is 11.3. The summed E-state index contributed by atoms with van der Waals surface area (Å²) in [7, 11) is 3.19. The fourth-order valence-electron chi connectivity index (χ4n) is 2.32. The average molecular weight is 270 g/mol. The Balaban J connectivity index is 2.16. The monoisotopic (exact) mass is 270 g/mol. The van der Waals surface area contributed by atoms with Crippen LogP contribution in [-0.4, -0.2) is 22.3 Å². The second-order valence-corrected chi connectivity index (χ2v) is 4.73. The standard InChI is InChI=1S/C14H14N4O2/c1-17-13(19)10-8-11(9-6-4-3-5-7-9)16-18(2)12(10)15-14(17)20/h3-7H,8H2,1-2H3,(H,15,20). The summed E-state index contributed by atoms with van der Waals surface area (Å²) in [6.07, 6.45) is 0.410. The largest absolute Gasteiger partial charge is 0.329 e. The van der Waals surface area contributed by atoms with Gasteiger partial charge in [-0.15, -0.1) is 0 Å². The van der Waals surface area contributed by atoms with Crippen molar-refractivity contribution in [1.82, 2.24) is 9.55 Å². The van der Waals surface area contributed by atoms with E-state index in [0.29, 0.717) is 17.8 Å². The lowest BCUT2D eigenvalue weighted by Gasteiger charge is -2.23. The molecule has 3 rings (SSSR count). The number of nitrogens with one attached hydrogen (secondary N) is 1. The molecule has 1 N–H and O–H groups in total. The van der Waals surface area contributed by atoms with Gasteiger partial charge in [-0.3, -0.25) is 19.4 Å². The van der Waals surface area contributed by atoms with Gasteiger partial charge in [-0.25, -0.2) is 4.79 Å². The van der Waals surface area contributed by atoms with E-state index in [1.54, 1.807) is 12.1 Å². The summed E-state index contributed by atoms with van der Waals surface area (Å²) in [5.41, 5.74) is 1.63. The Morgan fingerprint density at radius 1 is 1.15 bits per heavy atom. The van der Waals surface area contributed by atoms with Gasteiger partial charge in [0, 0.05) is 20.5 Å². The Labute approximate surface area is 115 Å². The molecule has 0 unspecified atom stereocenters. The number of aromatic nitrogens is 2. The fourth-order valence-corrected chi connectivity index (χ4v) is 2.32. The van der Waals surface area contributed by atoms with E-state index >= 15 is 0 Å². The van der Waals surface area contributed by atoms with Crippen LogP contribution in [0.2, 0.25) is 0 Å². The third-order valence-corrected chi connectivity index (χ3v) is 3.42. The van der Waals surface area contributed by atoms with Crippen LogP contribution in [0.4, 0.5) is 5.82 Å². The first-order valence-corrected chi connectivity index (χ1v) is 6.26. The molecule has 0 saturated heterocycles. The number of fused-ring (bicyclic) bond motifs is 1. The zero-order valence-corrected chi connectivity index (χ0v) is 11.3. The maximum atomic E-state index is 12.2. The molecule has 6 heteroatoms. The molecule has 0 spiro atoms. The number of nitrogens with zero attached hydrogens (tertiary/aromatic N) is 3. The molecule has 1 aliphatic rings. The molecule has 2 heterocycles. The number of hydrazone groups is 1. The predicted molar refractivity (Wildman–Crippen MR) is 77.4 cm³/mol. The molecule has 20 heavy (non-hydrogen) atoms. The topological polar surface area (TPSA) is 70.5 Å². The van der Waals surface area contributed by atoms with Gasteiger partial charge < -0.3 is 0 Å². The number of H-pyrrole nitrogens is 1. The first-order chi connectivity index (χ1) is 9.58. The quantitative estimate of drug-likeness (QED) is 0.819. The van der Waals surface area contributed by atoms with Crippen LogP contribution in [0.25, 0.3) is 0 Å². The SMILES string of the molecule is CN1N=C(c2ccccc2)Cc2c1[nH]c(=O)n(C)c2=O. The summed E-state index contributed by atoms with van der Waals surface area (Å²) in [5, 5.41) is 5.98. The highest BCUT2D eigenvalue weighted by Crippen LogP contribution is 2.20. The molecule has 0 saturated carbocycles. The summed E-state index contributed by atoms with van der Waals surface area (Å²) < 4.78 is 1.08. The number of hydrogen-bond acceptors (Lipinski definition) is 4. The lowest BCUT2D eigenvalue weighted by Crippen LogP contribution is -2.40. The number of rotatable bonds is 1. The van der Waals surface area contributed by atoms with E-state index in [2.05, 4.69) is 10.1 Å². The average Bonchev–Trinajstić information content (AvgIpc) is 2.47. The first-order valence-electron chi connectivity index (χ1n) is 6.26. The van der Waals surface area contributed by atoms with Crippen molar-refractivity contribution in [3.63, 3.8) is 0 Å². The second-order valence-electron chi connectivity index (χ2n) is 4.73. The normalized spacial score (nSPS) is 13.9. The van der Waals surface area contributed by atoms with Gasteiger partial charge in [0.2, 0.25) is 0 Å². The van der Waals surface area contributed by atoms with Crippen LogP contribution in [0.1, 0.15) is 11.1 Å². The van der Waals surface area contributed by atoms with Crippen molar-refractivity contribution >= 4 is 11.5 Å². The van der Waals surface area contributed by atoms with Crippen molar-refractivity contribution in [1.29, 1.82) is 0 Å². The van der Waals surface area contributed by atoms with Crippen molar-refractivity contribution in [3.05, 3.63) is 62.3 Å².